The van der Waals surface area contributed by atoms with Crippen LogP contribution in [0.4, 0.5) is 0 Å². The molecule has 0 aliphatic carbocycles. The van der Waals surface area contributed by atoms with E-state index in [2.05, 4.69) is 29.0 Å². The second-order valence-electron chi connectivity index (χ2n) is 7.05. The summed E-state index contributed by atoms with van der Waals surface area (Å²) in [5, 5.41) is 4.00. The first-order chi connectivity index (χ1) is 12.8. The molecule has 148 valence electrons. The number of rotatable bonds is 9. The smallest absolute Gasteiger partial charge is 0.332 e. The minimum absolute atomic E-state index is 0.256. The third kappa shape index (κ3) is 4.90. The molecule has 2 rings (SSSR count). The third-order valence-corrected chi connectivity index (χ3v) is 4.41. The number of nitrogens with zero attached hydrogens (tertiary/aromatic N) is 4. The highest BCUT2D eigenvalue weighted by atomic mass is 16.5. The average molecular weight is 376 g/mol. The van der Waals surface area contributed by atoms with Crippen molar-refractivity contribution in [3.8, 4) is 0 Å². The normalized spacial score (nSPS) is 15.0. The van der Waals surface area contributed by atoms with E-state index in [4.69, 9.17) is 14.0 Å². The van der Waals surface area contributed by atoms with E-state index >= 15 is 0 Å². The highest BCUT2D eigenvalue weighted by molar-refractivity contribution is 5.81. The zero-order valence-corrected chi connectivity index (χ0v) is 16.8. The Bertz CT molecular complexity index is 734. The summed E-state index contributed by atoms with van der Waals surface area (Å²) in [6.45, 7) is 8.67. The van der Waals surface area contributed by atoms with Gasteiger partial charge in [-0.2, -0.15) is 4.98 Å². The van der Waals surface area contributed by atoms with Gasteiger partial charge in [0.25, 0.3) is 0 Å². The fourth-order valence-electron chi connectivity index (χ4n) is 2.58. The predicted molar refractivity (Wildman–Crippen MR) is 98.6 cm³/mol. The molecule has 0 amide bonds. The van der Waals surface area contributed by atoms with E-state index < -0.39 is 11.5 Å². The standard InChI is InChI=1S/C19H28N4O4/c1-13(2)12-26-14(3)17-21-16(27-22-17)11-23(5)19(4,18(24)25-6)15-9-7-8-10-20-15/h7-10,13-14H,11-12H2,1-6H3. The minimum Gasteiger partial charge on any atom is -0.467 e. The second kappa shape index (κ2) is 9.05. The van der Waals surface area contributed by atoms with Gasteiger partial charge in [0.15, 0.2) is 11.4 Å². The largest absolute Gasteiger partial charge is 0.467 e. The molecule has 0 bridgehead atoms. The van der Waals surface area contributed by atoms with Crippen LogP contribution in [-0.4, -0.2) is 46.8 Å². The summed E-state index contributed by atoms with van der Waals surface area (Å²) in [6.07, 6.45) is 1.38. The Kier molecular flexibility index (Phi) is 7.04. The van der Waals surface area contributed by atoms with Crippen molar-refractivity contribution in [2.75, 3.05) is 20.8 Å². The maximum Gasteiger partial charge on any atom is 0.332 e. The van der Waals surface area contributed by atoms with Crippen molar-refractivity contribution in [1.82, 2.24) is 20.0 Å². The van der Waals surface area contributed by atoms with E-state index in [9.17, 15) is 4.79 Å². The fourth-order valence-corrected chi connectivity index (χ4v) is 2.58. The molecule has 0 saturated carbocycles. The second-order valence-corrected chi connectivity index (χ2v) is 7.05. The first-order valence-corrected chi connectivity index (χ1v) is 8.94. The Balaban J connectivity index is 2.16. The molecular formula is C19H28N4O4. The molecule has 0 fully saturated rings. The number of methoxy groups -OCH3 is 1. The molecular weight excluding hydrogens is 348 g/mol. The van der Waals surface area contributed by atoms with Gasteiger partial charge < -0.3 is 14.0 Å². The Labute approximate surface area is 159 Å². The summed E-state index contributed by atoms with van der Waals surface area (Å²) >= 11 is 0. The van der Waals surface area contributed by atoms with Crippen LogP contribution < -0.4 is 0 Å². The summed E-state index contributed by atoms with van der Waals surface area (Å²) in [5.74, 6) is 0.872. The highest BCUT2D eigenvalue weighted by Gasteiger charge is 2.42. The summed E-state index contributed by atoms with van der Waals surface area (Å²) in [6, 6.07) is 5.41. The van der Waals surface area contributed by atoms with Gasteiger partial charge in [-0.1, -0.05) is 25.1 Å². The van der Waals surface area contributed by atoms with Crippen LogP contribution in [0.25, 0.3) is 0 Å². The quantitative estimate of drug-likeness (QED) is 0.617. The van der Waals surface area contributed by atoms with E-state index in [1.165, 1.54) is 7.11 Å². The summed E-state index contributed by atoms with van der Waals surface area (Å²) in [5.41, 5.74) is -0.516. The summed E-state index contributed by atoms with van der Waals surface area (Å²) in [7, 11) is 3.14. The van der Waals surface area contributed by atoms with E-state index in [0.29, 0.717) is 29.9 Å². The van der Waals surface area contributed by atoms with Crippen molar-refractivity contribution in [3.63, 3.8) is 0 Å². The maximum absolute atomic E-state index is 12.5. The molecule has 0 radical (unpaired) electrons. The lowest BCUT2D eigenvalue weighted by Gasteiger charge is -2.34. The molecule has 2 unspecified atom stereocenters. The van der Waals surface area contributed by atoms with Gasteiger partial charge in [-0.25, -0.2) is 4.79 Å². The first-order valence-electron chi connectivity index (χ1n) is 8.94. The zero-order valence-electron chi connectivity index (χ0n) is 16.8. The topological polar surface area (TPSA) is 90.6 Å². The van der Waals surface area contributed by atoms with Crippen LogP contribution in [0.2, 0.25) is 0 Å². The number of esters is 1. The minimum atomic E-state index is -1.09. The number of carbonyl (C=O) groups excluding carboxylic acids is 1. The van der Waals surface area contributed by atoms with Crippen molar-refractivity contribution in [1.29, 1.82) is 0 Å². The molecule has 8 heteroatoms. The average Bonchev–Trinajstić information content (AvgIpc) is 3.13. The van der Waals surface area contributed by atoms with Gasteiger partial charge in [-0.05, 0) is 38.9 Å². The predicted octanol–water partition coefficient (Wildman–Crippen LogP) is 2.72. The Morgan fingerprint density at radius 2 is 2.07 bits per heavy atom. The van der Waals surface area contributed by atoms with Gasteiger partial charge in [0, 0.05) is 12.8 Å². The molecule has 0 aliphatic heterocycles. The molecule has 0 spiro atoms. The third-order valence-electron chi connectivity index (χ3n) is 4.41. The lowest BCUT2D eigenvalue weighted by atomic mass is 9.95. The maximum atomic E-state index is 12.5. The fraction of sp³-hybridized carbons (Fsp3) is 0.579. The van der Waals surface area contributed by atoms with E-state index in [1.54, 1.807) is 37.2 Å². The number of carbonyl (C=O) groups is 1. The number of aromatic nitrogens is 3. The lowest BCUT2D eigenvalue weighted by molar-refractivity contribution is -0.155. The SMILES string of the molecule is COC(=O)C(C)(c1ccccn1)N(C)Cc1nc(C(C)OCC(C)C)no1. The molecule has 27 heavy (non-hydrogen) atoms. The van der Waals surface area contributed by atoms with Crippen molar-refractivity contribution in [2.24, 2.45) is 5.92 Å². The number of likely N-dealkylation sites (N-methyl/N-ethyl adjacent to an activating group) is 1. The molecule has 0 saturated heterocycles. The van der Waals surface area contributed by atoms with Crippen LogP contribution in [0.1, 0.15) is 51.2 Å². The van der Waals surface area contributed by atoms with E-state index in [0.717, 1.165) is 0 Å². The Hall–Kier alpha value is -2.32. The first kappa shape index (κ1) is 21.0. The number of pyridine rings is 1. The molecule has 0 aromatic carbocycles. The molecule has 2 atom stereocenters. The van der Waals surface area contributed by atoms with Crippen LogP contribution in [0, 0.1) is 5.92 Å². The number of hydrogen-bond acceptors (Lipinski definition) is 8. The highest BCUT2D eigenvalue weighted by Crippen LogP contribution is 2.28. The lowest BCUT2D eigenvalue weighted by Crippen LogP contribution is -2.48. The van der Waals surface area contributed by atoms with Crippen LogP contribution >= 0.6 is 0 Å². The van der Waals surface area contributed by atoms with Crippen molar-refractivity contribution < 1.29 is 18.8 Å². The van der Waals surface area contributed by atoms with Crippen molar-refractivity contribution in [3.05, 3.63) is 41.8 Å². The van der Waals surface area contributed by atoms with Crippen molar-refractivity contribution in [2.45, 2.75) is 45.9 Å². The van der Waals surface area contributed by atoms with Gasteiger partial charge in [-0.15, -0.1) is 0 Å². The number of ether oxygens (including phenoxy) is 2. The molecule has 2 aromatic rings. The number of hydrogen-bond donors (Lipinski definition) is 0. The Morgan fingerprint density at radius 1 is 1.33 bits per heavy atom. The van der Waals surface area contributed by atoms with Gasteiger partial charge >= 0.3 is 5.97 Å². The van der Waals surface area contributed by atoms with Crippen LogP contribution in [0.3, 0.4) is 0 Å². The monoisotopic (exact) mass is 376 g/mol. The van der Waals surface area contributed by atoms with Gasteiger partial charge in [0.1, 0.15) is 6.10 Å². The molecule has 0 N–H and O–H groups in total. The molecule has 2 aromatic heterocycles. The van der Waals surface area contributed by atoms with E-state index in [-0.39, 0.29) is 12.6 Å². The molecule has 8 nitrogen and oxygen atoms in total. The zero-order chi connectivity index (χ0) is 20.0. The van der Waals surface area contributed by atoms with Gasteiger partial charge in [-0.3, -0.25) is 9.88 Å². The van der Waals surface area contributed by atoms with Crippen LogP contribution in [-0.2, 0) is 26.4 Å². The van der Waals surface area contributed by atoms with Crippen molar-refractivity contribution >= 4 is 5.97 Å². The summed E-state index contributed by atoms with van der Waals surface area (Å²) in [4.78, 5) is 23.0. The summed E-state index contributed by atoms with van der Waals surface area (Å²) < 4.78 is 16.1. The Morgan fingerprint density at radius 3 is 2.67 bits per heavy atom. The molecule has 0 aliphatic rings. The van der Waals surface area contributed by atoms with Gasteiger partial charge in [0.2, 0.25) is 5.89 Å². The van der Waals surface area contributed by atoms with Crippen LogP contribution in [0.5, 0.6) is 0 Å². The van der Waals surface area contributed by atoms with E-state index in [1.807, 2.05) is 13.0 Å². The molecule has 2 heterocycles. The van der Waals surface area contributed by atoms with Crippen LogP contribution in [0.15, 0.2) is 28.9 Å². The van der Waals surface area contributed by atoms with Gasteiger partial charge in [0.05, 0.1) is 19.3 Å².